The van der Waals surface area contributed by atoms with Crippen molar-refractivity contribution in [3.63, 3.8) is 0 Å². The second kappa shape index (κ2) is 5.39. The van der Waals surface area contributed by atoms with E-state index in [2.05, 4.69) is 23.0 Å². The van der Waals surface area contributed by atoms with Crippen LogP contribution in [-0.2, 0) is 0 Å². The molecule has 1 aliphatic rings. The Morgan fingerprint density at radius 2 is 1.71 bits per heavy atom. The van der Waals surface area contributed by atoms with Gasteiger partial charge in [0.25, 0.3) is 0 Å². The molecule has 2 rings (SSSR count). The molecule has 0 spiro atoms. The van der Waals surface area contributed by atoms with Crippen molar-refractivity contribution in [1.29, 1.82) is 0 Å². The van der Waals surface area contributed by atoms with Crippen LogP contribution in [0, 0.1) is 6.92 Å². The van der Waals surface area contributed by atoms with Crippen molar-refractivity contribution in [2.75, 3.05) is 6.54 Å². The van der Waals surface area contributed by atoms with E-state index < -0.39 is 0 Å². The minimum Gasteiger partial charge on any atom is -0.283 e. The van der Waals surface area contributed by atoms with Crippen LogP contribution in [0.15, 0.2) is 58.6 Å². The van der Waals surface area contributed by atoms with E-state index in [1.165, 1.54) is 5.56 Å². The number of hydrogen-bond donors (Lipinski definition) is 0. The molecule has 0 atom stereocenters. The fourth-order valence-electron chi connectivity index (χ4n) is 1.68. The number of rotatable bonds is 2. The van der Waals surface area contributed by atoms with Gasteiger partial charge in [-0.2, -0.15) is 0 Å². The largest absolute Gasteiger partial charge is 0.283 e. The maximum Gasteiger partial charge on any atom is 0.0889 e. The third-order valence-electron chi connectivity index (χ3n) is 2.57. The van der Waals surface area contributed by atoms with Crippen LogP contribution in [0.2, 0.25) is 0 Å². The summed E-state index contributed by atoms with van der Waals surface area (Å²) in [5.41, 5.74) is 4.08. The first kappa shape index (κ1) is 11.5. The van der Waals surface area contributed by atoms with Gasteiger partial charge >= 0.3 is 0 Å². The number of allylic oxidation sites excluding steroid dienone is 4. The Bertz CT molecular complexity index is 519. The van der Waals surface area contributed by atoms with Gasteiger partial charge in [0.15, 0.2) is 0 Å². The van der Waals surface area contributed by atoms with Gasteiger partial charge in [-0.15, -0.1) is 0 Å². The molecule has 0 amide bonds. The molecule has 86 valence electrons. The van der Waals surface area contributed by atoms with E-state index in [-0.39, 0.29) is 0 Å². The van der Waals surface area contributed by atoms with Crippen molar-refractivity contribution < 1.29 is 0 Å². The van der Waals surface area contributed by atoms with Gasteiger partial charge in [-0.1, -0.05) is 30.4 Å². The third-order valence-corrected chi connectivity index (χ3v) is 2.57. The summed E-state index contributed by atoms with van der Waals surface area (Å²) in [6.45, 7) is 4.88. The fraction of sp³-hybridized carbons (Fsp3) is 0.200. The van der Waals surface area contributed by atoms with Crippen LogP contribution in [0.4, 0.5) is 5.69 Å². The van der Waals surface area contributed by atoms with Crippen LogP contribution in [0.25, 0.3) is 0 Å². The van der Waals surface area contributed by atoms with Gasteiger partial charge in [0.05, 0.1) is 17.1 Å². The van der Waals surface area contributed by atoms with Gasteiger partial charge in [0.2, 0.25) is 0 Å². The molecule has 1 aliphatic carbocycles. The van der Waals surface area contributed by atoms with E-state index in [0.29, 0.717) is 0 Å². The van der Waals surface area contributed by atoms with Crippen molar-refractivity contribution in [3.05, 3.63) is 54.1 Å². The van der Waals surface area contributed by atoms with Crippen molar-refractivity contribution in [2.24, 2.45) is 9.98 Å². The highest BCUT2D eigenvalue weighted by Crippen LogP contribution is 2.18. The number of nitrogens with zero attached hydrogens (tertiary/aromatic N) is 2. The standard InChI is InChI=1S/C15H16N2/c1-3-16-14-10-6-7-11-15(14)17-13-9-5-4-8-12(13)2/h4-11H,3H2,1-2H3/b16-14+,17-15-. The predicted octanol–water partition coefficient (Wildman–Crippen LogP) is 3.65. The fourth-order valence-corrected chi connectivity index (χ4v) is 1.68. The number of para-hydroxylation sites is 1. The molecule has 0 saturated heterocycles. The first-order valence-corrected chi connectivity index (χ1v) is 5.85. The molecule has 0 N–H and O–H groups in total. The van der Waals surface area contributed by atoms with Crippen LogP contribution in [0.1, 0.15) is 12.5 Å². The van der Waals surface area contributed by atoms with Gasteiger partial charge in [0, 0.05) is 6.54 Å². The van der Waals surface area contributed by atoms with Crippen molar-refractivity contribution in [2.45, 2.75) is 13.8 Å². The Balaban J connectivity index is 2.39. The van der Waals surface area contributed by atoms with E-state index in [0.717, 1.165) is 23.7 Å². The van der Waals surface area contributed by atoms with E-state index in [9.17, 15) is 0 Å². The van der Waals surface area contributed by atoms with E-state index >= 15 is 0 Å². The molecule has 0 bridgehead atoms. The minimum atomic E-state index is 0.778. The smallest absolute Gasteiger partial charge is 0.0889 e. The van der Waals surface area contributed by atoms with E-state index in [1.54, 1.807) is 0 Å². The van der Waals surface area contributed by atoms with Gasteiger partial charge in [0.1, 0.15) is 0 Å². The monoisotopic (exact) mass is 224 g/mol. The lowest BCUT2D eigenvalue weighted by molar-refractivity contribution is 1.14. The summed E-state index contributed by atoms with van der Waals surface area (Å²) in [5, 5.41) is 0. The maximum absolute atomic E-state index is 4.67. The highest BCUT2D eigenvalue weighted by Gasteiger charge is 2.06. The zero-order valence-corrected chi connectivity index (χ0v) is 10.2. The van der Waals surface area contributed by atoms with Crippen LogP contribution in [0.3, 0.4) is 0 Å². The summed E-state index contributed by atoms with van der Waals surface area (Å²) in [6, 6.07) is 8.12. The van der Waals surface area contributed by atoms with E-state index in [4.69, 9.17) is 0 Å². The normalized spacial score (nSPS) is 19.2. The number of aliphatic imine (C=N–C) groups is 2. The quantitative estimate of drug-likeness (QED) is 0.685. The number of hydrogen-bond acceptors (Lipinski definition) is 2. The summed E-state index contributed by atoms with van der Waals surface area (Å²) in [4.78, 5) is 9.10. The molecule has 0 radical (unpaired) electrons. The highest BCUT2D eigenvalue weighted by atomic mass is 14.8. The molecular formula is C15H16N2. The average molecular weight is 224 g/mol. The zero-order valence-electron chi connectivity index (χ0n) is 10.2. The molecule has 0 saturated carbocycles. The second-order valence-corrected chi connectivity index (χ2v) is 3.86. The summed E-state index contributed by atoms with van der Waals surface area (Å²) in [7, 11) is 0. The van der Waals surface area contributed by atoms with Crippen molar-refractivity contribution >= 4 is 17.1 Å². The Hall–Kier alpha value is -1.96. The summed E-state index contributed by atoms with van der Waals surface area (Å²) < 4.78 is 0. The molecule has 1 aromatic rings. The Labute approximate surface area is 102 Å². The molecule has 0 aromatic heterocycles. The lowest BCUT2D eigenvalue weighted by Crippen LogP contribution is -2.11. The van der Waals surface area contributed by atoms with Gasteiger partial charge in [-0.3, -0.25) is 4.99 Å². The first-order chi connectivity index (χ1) is 8.31. The zero-order chi connectivity index (χ0) is 12.1. The van der Waals surface area contributed by atoms with Crippen molar-refractivity contribution in [1.82, 2.24) is 0 Å². The SMILES string of the molecule is CC/N=C1\C=CC=C\C1=N\c1ccccc1C. The van der Waals surface area contributed by atoms with Gasteiger partial charge in [-0.25, -0.2) is 4.99 Å². The maximum atomic E-state index is 4.67. The third kappa shape index (κ3) is 2.78. The molecule has 17 heavy (non-hydrogen) atoms. The van der Waals surface area contributed by atoms with Crippen LogP contribution < -0.4 is 0 Å². The summed E-state index contributed by atoms with van der Waals surface area (Å²) >= 11 is 0. The highest BCUT2D eigenvalue weighted by molar-refractivity contribution is 6.51. The van der Waals surface area contributed by atoms with Gasteiger partial charge < -0.3 is 0 Å². The molecular weight excluding hydrogens is 208 g/mol. The molecule has 2 heteroatoms. The number of aryl methyl sites for hydroxylation is 1. The summed E-state index contributed by atoms with van der Waals surface area (Å²) in [5.74, 6) is 0. The predicted molar refractivity (Wildman–Crippen MR) is 74.5 cm³/mol. The lowest BCUT2D eigenvalue weighted by Gasteiger charge is -2.06. The van der Waals surface area contributed by atoms with Crippen LogP contribution >= 0.6 is 0 Å². The van der Waals surface area contributed by atoms with Crippen molar-refractivity contribution in [3.8, 4) is 0 Å². The first-order valence-electron chi connectivity index (χ1n) is 5.85. The Morgan fingerprint density at radius 3 is 2.41 bits per heavy atom. The topological polar surface area (TPSA) is 24.7 Å². The molecule has 2 nitrogen and oxygen atoms in total. The lowest BCUT2D eigenvalue weighted by atomic mass is 10.1. The summed E-state index contributed by atoms with van der Waals surface area (Å²) in [6.07, 6.45) is 7.98. The second-order valence-electron chi connectivity index (χ2n) is 3.86. The van der Waals surface area contributed by atoms with Crippen LogP contribution in [-0.4, -0.2) is 18.0 Å². The molecule has 0 heterocycles. The van der Waals surface area contributed by atoms with E-state index in [1.807, 2.05) is 49.4 Å². The molecule has 0 unspecified atom stereocenters. The average Bonchev–Trinajstić information content (AvgIpc) is 2.35. The Kier molecular flexibility index (Phi) is 3.66. The molecule has 0 aliphatic heterocycles. The number of benzene rings is 1. The van der Waals surface area contributed by atoms with Crippen LogP contribution in [0.5, 0.6) is 0 Å². The molecule has 1 aromatic carbocycles. The van der Waals surface area contributed by atoms with Gasteiger partial charge in [-0.05, 0) is 37.6 Å². The Morgan fingerprint density at radius 1 is 1.00 bits per heavy atom. The minimum absolute atomic E-state index is 0.778. The molecule has 0 fully saturated rings.